The Kier molecular flexibility index (Phi) is 6.21. The van der Waals surface area contributed by atoms with Crippen LogP contribution in [0.5, 0.6) is 11.5 Å². The quantitative estimate of drug-likeness (QED) is 0.817. The van der Waals surface area contributed by atoms with Gasteiger partial charge in [-0.1, -0.05) is 37.3 Å². The minimum atomic E-state index is -0.370. The van der Waals surface area contributed by atoms with E-state index in [9.17, 15) is 4.79 Å². The largest absolute Gasteiger partial charge is 0.493 e. The molecular weight excluding hydrogens is 304 g/mol. The lowest BCUT2D eigenvalue weighted by atomic mass is 9.94. The Balaban J connectivity index is 2.08. The lowest BCUT2D eigenvalue weighted by molar-refractivity contribution is -0.120. The van der Waals surface area contributed by atoms with Crippen molar-refractivity contribution in [1.29, 1.82) is 0 Å². The molecule has 1 amide bonds. The minimum Gasteiger partial charge on any atom is -0.493 e. The maximum Gasteiger partial charge on any atom is 0.229 e. The Morgan fingerprint density at radius 3 is 2.50 bits per heavy atom. The smallest absolute Gasteiger partial charge is 0.229 e. The van der Waals surface area contributed by atoms with Crippen molar-refractivity contribution in [3.8, 4) is 11.5 Å². The standard InChI is InChI=1S/C19H24N2O3/c1-4-24-16-11-10-15(12-17(16)23-3)21-19(22)13(2)18(20)14-8-6-5-7-9-14/h5-13,18H,4,20H2,1-3H3,(H,21,22). The van der Waals surface area contributed by atoms with Crippen LogP contribution in [0.25, 0.3) is 0 Å². The molecule has 0 heterocycles. The number of carbonyl (C=O) groups excluding carboxylic acids is 1. The number of amides is 1. The maximum atomic E-state index is 12.5. The van der Waals surface area contributed by atoms with Crippen molar-refractivity contribution in [3.05, 3.63) is 54.1 Å². The van der Waals surface area contributed by atoms with Gasteiger partial charge in [-0.15, -0.1) is 0 Å². The number of benzene rings is 2. The molecule has 0 bridgehead atoms. The van der Waals surface area contributed by atoms with Gasteiger partial charge in [0.15, 0.2) is 11.5 Å². The average Bonchev–Trinajstić information content (AvgIpc) is 2.62. The molecule has 128 valence electrons. The van der Waals surface area contributed by atoms with Gasteiger partial charge in [0, 0.05) is 17.8 Å². The van der Waals surface area contributed by atoms with Crippen LogP contribution in [0.15, 0.2) is 48.5 Å². The van der Waals surface area contributed by atoms with E-state index in [0.717, 1.165) is 5.56 Å². The van der Waals surface area contributed by atoms with E-state index < -0.39 is 0 Å². The summed E-state index contributed by atoms with van der Waals surface area (Å²) in [6.07, 6.45) is 0. The van der Waals surface area contributed by atoms with Crippen molar-refractivity contribution in [2.45, 2.75) is 19.9 Å². The predicted molar refractivity (Wildman–Crippen MR) is 95.3 cm³/mol. The van der Waals surface area contributed by atoms with E-state index in [-0.39, 0.29) is 17.9 Å². The van der Waals surface area contributed by atoms with Gasteiger partial charge in [-0.25, -0.2) is 0 Å². The normalized spacial score (nSPS) is 13.0. The summed E-state index contributed by atoms with van der Waals surface area (Å²) in [6.45, 7) is 4.27. The summed E-state index contributed by atoms with van der Waals surface area (Å²) in [5.74, 6) is 0.712. The molecule has 0 aliphatic heterocycles. The SMILES string of the molecule is CCOc1ccc(NC(=O)C(C)C(N)c2ccccc2)cc1OC. The van der Waals surface area contributed by atoms with Crippen LogP contribution in [0.3, 0.4) is 0 Å². The fourth-order valence-corrected chi connectivity index (χ4v) is 2.40. The van der Waals surface area contributed by atoms with E-state index in [0.29, 0.717) is 23.8 Å². The highest BCUT2D eigenvalue weighted by Crippen LogP contribution is 2.30. The molecule has 2 aromatic rings. The molecule has 0 radical (unpaired) electrons. The van der Waals surface area contributed by atoms with Crippen molar-refractivity contribution in [2.24, 2.45) is 11.7 Å². The van der Waals surface area contributed by atoms with Crippen LogP contribution in [0, 0.1) is 5.92 Å². The van der Waals surface area contributed by atoms with E-state index in [2.05, 4.69) is 5.32 Å². The number of methoxy groups -OCH3 is 1. The van der Waals surface area contributed by atoms with Crippen LogP contribution in [-0.4, -0.2) is 19.6 Å². The number of anilines is 1. The molecule has 0 saturated heterocycles. The first-order valence-electron chi connectivity index (χ1n) is 7.99. The highest BCUT2D eigenvalue weighted by atomic mass is 16.5. The van der Waals surface area contributed by atoms with E-state index in [4.69, 9.17) is 15.2 Å². The lowest BCUT2D eigenvalue weighted by Crippen LogP contribution is -2.30. The molecule has 0 spiro atoms. The molecule has 0 aliphatic carbocycles. The third kappa shape index (κ3) is 4.26. The van der Waals surface area contributed by atoms with Crippen LogP contribution in [0.4, 0.5) is 5.69 Å². The average molecular weight is 328 g/mol. The van der Waals surface area contributed by atoms with Gasteiger partial charge < -0.3 is 20.5 Å². The molecule has 0 saturated carbocycles. The second kappa shape index (κ2) is 8.36. The molecule has 2 aromatic carbocycles. The number of nitrogens with two attached hydrogens (primary N) is 1. The fraction of sp³-hybridized carbons (Fsp3) is 0.316. The predicted octanol–water partition coefficient (Wildman–Crippen LogP) is 3.37. The van der Waals surface area contributed by atoms with Crippen molar-refractivity contribution in [2.75, 3.05) is 19.0 Å². The summed E-state index contributed by atoms with van der Waals surface area (Å²) in [5.41, 5.74) is 7.79. The molecule has 5 heteroatoms. The first-order valence-corrected chi connectivity index (χ1v) is 7.99. The minimum absolute atomic E-state index is 0.141. The number of ether oxygens (including phenoxy) is 2. The summed E-state index contributed by atoms with van der Waals surface area (Å²) in [6, 6.07) is 14.5. The van der Waals surface area contributed by atoms with Gasteiger partial charge in [-0.2, -0.15) is 0 Å². The summed E-state index contributed by atoms with van der Waals surface area (Å²) in [7, 11) is 1.57. The highest BCUT2D eigenvalue weighted by Gasteiger charge is 2.22. The molecule has 2 unspecified atom stereocenters. The van der Waals surface area contributed by atoms with Crippen molar-refractivity contribution in [3.63, 3.8) is 0 Å². The zero-order valence-corrected chi connectivity index (χ0v) is 14.3. The first kappa shape index (κ1) is 17.8. The molecule has 3 N–H and O–H groups in total. The highest BCUT2D eigenvalue weighted by molar-refractivity contribution is 5.93. The van der Waals surface area contributed by atoms with Crippen molar-refractivity contribution >= 4 is 11.6 Å². The van der Waals surface area contributed by atoms with Crippen LogP contribution < -0.4 is 20.5 Å². The lowest BCUT2D eigenvalue weighted by Gasteiger charge is -2.20. The molecule has 2 atom stereocenters. The third-order valence-electron chi connectivity index (χ3n) is 3.87. The summed E-state index contributed by atoms with van der Waals surface area (Å²) >= 11 is 0. The number of hydrogen-bond donors (Lipinski definition) is 2. The molecule has 0 aliphatic rings. The topological polar surface area (TPSA) is 73.6 Å². The molecule has 24 heavy (non-hydrogen) atoms. The summed E-state index contributed by atoms with van der Waals surface area (Å²) in [4.78, 5) is 12.5. The van der Waals surface area contributed by atoms with Gasteiger partial charge in [0.05, 0.1) is 19.6 Å². The Bertz CT molecular complexity index is 674. The number of nitrogens with one attached hydrogen (secondary N) is 1. The van der Waals surface area contributed by atoms with E-state index >= 15 is 0 Å². The maximum absolute atomic E-state index is 12.5. The van der Waals surface area contributed by atoms with Crippen LogP contribution in [0.2, 0.25) is 0 Å². The third-order valence-corrected chi connectivity index (χ3v) is 3.87. The van der Waals surface area contributed by atoms with E-state index in [1.807, 2.05) is 44.2 Å². The first-order chi connectivity index (χ1) is 11.6. The van der Waals surface area contributed by atoms with Crippen molar-refractivity contribution in [1.82, 2.24) is 0 Å². The number of carbonyl (C=O) groups is 1. The van der Waals surface area contributed by atoms with Crippen molar-refractivity contribution < 1.29 is 14.3 Å². The Morgan fingerprint density at radius 1 is 1.17 bits per heavy atom. The van der Waals surface area contributed by atoms with Gasteiger partial charge in [-0.05, 0) is 24.6 Å². The van der Waals surface area contributed by atoms with E-state index in [1.54, 1.807) is 25.3 Å². The van der Waals surface area contributed by atoms with Gasteiger partial charge in [0.2, 0.25) is 5.91 Å². The molecular formula is C19H24N2O3. The van der Waals surface area contributed by atoms with Gasteiger partial charge >= 0.3 is 0 Å². The van der Waals surface area contributed by atoms with Crippen LogP contribution >= 0.6 is 0 Å². The molecule has 5 nitrogen and oxygen atoms in total. The molecule has 0 fully saturated rings. The Morgan fingerprint density at radius 2 is 1.88 bits per heavy atom. The zero-order chi connectivity index (χ0) is 17.5. The summed E-state index contributed by atoms with van der Waals surface area (Å²) < 4.78 is 10.8. The zero-order valence-electron chi connectivity index (χ0n) is 14.3. The van der Waals surface area contributed by atoms with Gasteiger partial charge in [0.25, 0.3) is 0 Å². The number of hydrogen-bond acceptors (Lipinski definition) is 4. The second-order valence-electron chi connectivity index (χ2n) is 5.51. The Hall–Kier alpha value is -2.53. The fourth-order valence-electron chi connectivity index (χ4n) is 2.40. The Labute approximate surface area is 142 Å². The van der Waals surface area contributed by atoms with Gasteiger partial charge in [0.1, 0.15) is 0 Å². The van der Waals surface area contributed by atoms with Crippen LogP contribution in [-0.2, 0) is 4.79 Å². The number of rotatable bonds is 7. The second-order valence-corrected chi connectivity index (χ2v) is 5.51. The van der Waals surface area contributed by atoms with Gasteiger partial charge in [-0.3, -0.25) is 4.79 Å². The molecule has 2 rings (SSSR count). The molecule has 0 aromatic heterocycles. The summed E-state index contributed by atoms with van der Waals surface area (Å²) in [5, 5.41) is 2.88. The van der Waals surface area contributed by atoms with Crippen LogP contribution in [0.1, 0.15) is 25.5 Å². The van der Waals surface area contributed by atoms with E-state index in [1.165, 1.54) is 0 Å². The monoisotopic (exact) mass is 328 g/mol.